The van der Waals surface area contributed by atoms with E-state index in [0.717, 1.165) is 17.5 Å². The van der Waals surface area contributed by atoms with Crippen molar-refractivity contribution in [3.05, 3.63) is 29.8 Å². The molecule has 16 heavy (non-hydrogen) atoms. The van der Waals surface area contributed by atoms with Crippen molar-refractivity contribution < 1.29 is 0 Å². The number of hydrazone groups is 1. The van der Waals surface area contributed by atoms with Crippen molar-refractivity contribution in [2.24, 2.45) is 10.9 Å². The maximum Gasteiger partial charge on any atom is 0.107 e. The first-order valence-electron chi connectivity index (χ1n) is 5.13. The van der Waals surface area contributed by atoms with E-state index >= 15 is 0 Å². The molecule has 0 bridgehead atoms. The number of hydrogen-bond donors (Lipinski definition) is 3. The minimum atomic E-state index is 0.00330. The van der Waals surface area contributed by atoms with E-state index in [9.17, 15) is 0 Å². The first-order chi connectivity index (χ1) is 7.46. The molecule has 1 rings (SSSR count). The Bertz CT molecular complexity index is 402. The van der Waals surface area contributed by atoms with Gasteiger partial charge in [0, 0.05) is 23.0 Å². The lowest BCUT2D eigenvalue weighted by Gasteiger charge is -2.22. The summed E-state index contributed by atoms with van der Waals surface area (Å²) in [6, 6.07) is 7.71. The lowest BCUT2D eigenvalue weighted by Crippen LogP contribution is -2.26. The molecule has 0 aliphatic heterocycles. The minimum absolute atomic E-state index is 0.00330. The molecule has 0 fully saturated rings. The summed E-state index contributed by atoms with van der Waals surface area (Å²) in [5.41, 5.74) is 2.31. The summed E-state index contributed by atoms with van der Waals surface area (Å²) in [5, 5.41) is 14.1. The molecule has 0 atom stereocenters. The number of nitrogens with one attached hydrogen (secondary N) is 2. The quantitative estimate of drug-likeness (QED) is 0.413. The number of rotatable bonds is 3. The van der Waals surface area contributed by atoms with Crippen LogP contribution in [0.1, 0.15) is 26.3 Å². The van der Waals surface area contributed by atoms with Gasteiger partial charge in [-0.05, 0) is 32.9 Å². The zero-order valence-electron chi connectivity index (χ0n) is 9.91. The van der Waals surface area contributed by atoms with Crippen molar-refractivity contribution in [1.82, 2.24) is 0 Å². The Morgan fingerprint density at radius 1 is 1.44 bits per heavy atom. The normalized spacial score (nSPS) is 12.3. The molecule has 0 heterocycles. The molecule has 1 aromatic carbocycles. The van der Waals surface area contributed by atoms with Gasteiger partial charge in [-0.15, -0.1) is 0 Å². The van der Waals surface area contributed by atoms with Gasteiger partial charge in [0.2, 0.25) is 0 Å². The molecule has 4 N–H and O–H groups in total. The number of anilines is 1. The van der Waals surface area contributed by atoms with Crippen molar-refractivity contribution in [2.75, 3.05) is 5.32 Å². The van der Waals surface area contributed by atoms with Crippen LogP contribution in [0, 0.1) is 5.41 Å². The van der Waals surface area contributed by atoms with E-state index in [2.05, 4.69) is 31.2 Å². The van der Waals surface area contributed by atoms with Gasteiger partial charge < -0.3 is 16.6 Å². The average Bonchev–Trinajstić information content (AvgIpc) is 2.17. The third-order valence-electron chi connectivity index (χ3n) is 1.95. The fourth-order valence-electron chi connectivity index (χ4n) is 1.38. The summed E-state index contributed by atoms with van der Waals surface area (Å²) >= 11 is 0. The summed E-state index contributed by atoms with van der Waals surface area (Å²) in [6.45, 7) is 6.27. The Morgan fingerprint density at radius 2 is 2.12 bits per heavy atom. The van der Waals surface area contributed by atoms with Crippen molar-refractivity contribution in [3.63, 3.8) is 0 Å². The lowest BCUT2D eigenvalue weighted by molar-refractivity contribution is 0.634. The highest BCUT2D eigenvalue weighted by Gasteiger charge is 2.09. The Hall–Kier alpha value is -1.84. The fourth-order valence-corrected chi connectivity index (χ4v) is 1.38. The maximum atomic E-state index is 7.19. The van der Waals surface area contributed by atoms with Crippen molar-refractivity contribution in [2.45, 2.75) is 26.3 Å². The highest BCUT2D eigenvalue weighted by Crippen LogP contribution is 2.16. The second-order valence-electron chi connectivity index (χ2n) is 4.61. The van der Waals surface area contributed by atoms with Gasteiger partial charge in [-0.2, -0.15) is 5.10 Å². The lowest BCUT2D eigenvalue weighted by atomic mass is 10.1. The number of benzene rings is 1. The molecule has 0 aliphatic carbocycles. The smallest absolute Gasteiger partial charge is 0.107 e. The van der Waals surface area contributed by atoms with Gasteiger partial charge in [0.05, 0.1) is 0 Å². The molecule has 0 amide bonds. The summed E-state index contributed by atoms with van der Waals surface area (Å²) < 4.78 is 0. The zero-order chi connectivity index (χ0) is 12.2. The highest BCUT2D eigenvalue weighted by atomic mass is 15.1. The summed E-state index contributed by atoms with van der Waals surface area (Å²) in [4.78, 5) is 0. The largest absolute Gasteiger partial charge is 0.380 e. The van der Waals surface area contributed by atoms with Crippen molar-refractivity contribution in [3.8, 4) is 0 Å². The van der Waals surface area contributed by atoms with E-state index in [1.807, 2.05) is 24.3 Å². The van der Waals surface area contributed by atoms with Gasteiger partial charge in [-0.1, -0.05) is 12.1 Å². The first-order valence-corrected chi connectivity index (χ1v) is 5.13. The summed E-state index contributed by atoms with van der Waals surface area (Å²) in [5.74, 6) is 5.21. The van der Waals surface area contributed by atoms with Crippen LogP contribution in [0.15, 0.2) is 29.4 Å². The molecule has 4 heteroatoms. The Balaban J connectivity index is 3.00. The molecule has 0 saturated carbocycles. The predicted octanol–water partition coefficient (Wildman–Crippen LogP) is 2.21. The molecular weight excluding hydrogens is 200 g/mol. The van der Waals surface area contributed by atoms with Crippen LogP contribution in [-0.2, 0) is 0 Å². The third kappa shape index (κ3) is 3.38. The highest BCUT2D eigenvalue weighted by molar-refractivity contribution is 6.37. The molecule has 0 aliphatic rings. The second kappa shape index (κ2) is 4.79. The fraction of sp³-hybridized carbons (Fsp3) is 0.333. The molecule has 0 unspecified atom stereocenters. The molecule has 0 spiro atoms. The summed E-state index contributed by atoms with van der Waals surface area (Å²) in [6.07, 6.45) is 1.15. The Labute approximate surface area is 96.1 Å². The minimum Gasteiger partial charge on any atom is -0.380 e. The molecule has 4 nitrogen and oxygen atoms in total. The van der Waals surface area contributed by atoms with Crippen molar-refractivity contribution in [1.29, 1.82) is 5.41 Å². The van der Waals surface area contributed by atoms with E-state index in [0.29, 0.717) is 5.71 Å². The van der Waals surface area contributed by atoms with E-state index in [4.69, 9.17) is 11.3 Å². The third-order valence-corrected chi connectivity index (χ3v) is 1.95. The van der Waals surface area contributed by atoms with Gasteiger partial charge >= 0.3 is 0 Å². The van der Waals surface area contributed by atoms with Crippen molar-refractivity contribution >= 4 is 17.6 Å². The van der Waals surface area contributed by atoms with Gasteiger partial charge in [-0.25, -0.2) is 0 Å². The zero-order valence-corrected chi connectivity index (χ0v) is 9.91. The van der Waals surface area contributed by atoms with E-state index in [1.165, 1.54) is 0 Å². The molecule has 0 radical (unpaired) electrons. The van der Waals surface area contributed by atoms with Crippen LogP contribution in [0.4, 0.5) is 5.69 Å². The number of nitrogens with zero attached hydrogens (tertiary/aromatic N) is 1. The maximum absolute atomic E-state index is 7.19. The Kier molecular flexibility index (Phi) is 3.66. The predicted molar refractivity (Wildman–Crippen MR) is 69.3 cm³/mol. The standard InChI is InChI=1S/C12H18N4/c1-12(2,3)15-10-6-4-5-9(7-10)11(8-13)16-14/h4-8,13,15H,14H2,1-3H3/b13-8?,16-11+. The van der Waals surface area contributed by atoms with Gasteiger partial charge in [0.25, 0.3) is 0 Å². The first kappa shape index (κ1) is 12.2. The van der Waals surface area contributed by atoms with Crippen LogP contribution in [0.25, 0.3) is 0 Å². The van der Waals surface area contributed by atoms with Crippen LogP contribution < -0.4 is 11.2 Å². The van der Waals surface area contributed by atoms with Gasteiger partial charge in [0.15, 0.2) is 0 Å². The van der Waals surface area contributed by atoms with Crippen LogP contribution in [-0.4, -0.2) is 17.5 Å². The van der Waals surface area contributed by atoms with Crippen LogP contribution in [0.3, 0.4) is 0 Å². The molecule has 1 aromatic rings. The molecule has 86 valence electrons. The molecular formula is C12H18N4. The van der Waals surface area contributed by atoms with Gasteiger partial charge in [0.1, 0.15) is 5.71 Å². The van der Waals surface area contributed by atoms with Crippen LogP contribution in [0.5, 0.6) is 0 Å². The monoisotopic (exact) mass is 218 g/mol. The van der Waals surface area contributed by atoms with Gasteiger partial charge in [-0.3, -0.25) is 0 Å². The topological polar surface area (TPSA) is 74.3 Å². The molecule has 0 saturated heterocycles. The van der Waals surface area contributed by atoms with E-state index in [1.54, 1.807) is 0 Å². The SMILES string of the molecule is CC(C)(C)Nc1cccc(/C(C=N)=N/N)c1. The second-order valence-corrected chi connectivity index (χ2v) is 4.61. The van der Waals surface area contributed by atoms with E-state index in [-0.39, 0.29) is 5.54 Å². The molecule has 0 aromatic heterocycles. The van der Waals surface area contributed by atoms with Crippen LogP contribution in [0.2, 0.25) is 0 Å². The summed E-state index contributed by atoms with van der Waals surface area (Å²) in [7, 11) is 0. The van der Waals surface area contributed by atoms with E-state index < -0.39 is 0 Å². The number of nitrogens with two attached hydrogens (primary N) is 1. The average molecular weight is 218 g/mol. The Morgan fingerprint density at radius 3 is 2.62 bits per heavy atom. The number of hydrogen-bond acceptors (Lipinski definition) is 4. The van der Waals surface area contributed by atoms with Crippen LogP contribution >= 0.6 is 0 Å².